The number of phosphoric acid groups is 1. The Labute approximate surface area is 437 Å². The first-order valence-corrected chi connectivity index (χ1v) is 32.5. The molecule has 0 aromatic rings. The molecule has 1 amide bonds. The van der Waals surface area contributed by atoms with Crippen LogP contribution in [0.3, 0.4) is 0 Å². The van der Waals surface area contributed by atoms with E-state index in [0.717, 1.165) is 38.5 Å². The Morgan fingerprint density at radius 1 is 0.486 bits per heavy atom. The van der Waals surface area contributed by atoms with Crippen LogP contribution in [0.5, 0.6) is 0 Å². The number of unbranched alkanes of at least 4 members (excludes halogenated alkanes) is 45. The summed E-state index contributed by atoms with van der Waals surface area (Å²) in [7, 11) is 1.28. The second kappa shape index (κ2) is 53.1. The first kappa shape index (κ1) is 69.2. The number of quaternary nitrogens is 1. The average molecular weight is 1010 g/mol. The summed E-state index contributed by atoms with van der Waals surface area (Å²) in [6, 6.07) is -0.882. The van der Waals surface area contributed by atoms with Crippen LogP contribution in [0, 0.1) is 0 Å². The van der Waals surface area contributed by atoms with Crippen molar-refractivity contribution in [2.24, 2.45) is 0 Å². The smallest absolute Gasteiger partial charge is 0.268 e. The van der Waals surface area contributed by atoms with Crippen LogP contribution in [0.1, 0.15) is 322 Å². The minimum atomic E-state index is -4.59. The monoisotopic (exact) mass is 1010 g/mol. The van der Waals surface area contributed by atoms with Gasteiger partial charge < -0.3 is 28.8 Å². The van der Waals surface area contributed by atoms with Crippen LogP contribution < -0.4 is 10.2 Å². The van der Waals surface area contributed by atoms with E-state index < -0.39 is 20.0 Å². The van der Waals surface area contributed by atoms with Crippen molar-refractivity contribution < 1.29 is 32.9 Å². The van der Waals surface area contributed by atoms with Gasteiger partial charge in [0.15, 0.2) is 0 Å². The molecule has 0 saturated heterocycles. The molecule has 2 N–H and O–H groups in total. The second-order valence-electron chi connectivity index (χ2n) is 22.8. The highest BCUT2D eigenvalue weighted by Crippen LogP contribution is 2.38. The Morgan fingerprint density at radius 2 is 0.771 bits per heavy atom. The molecule has 0 spiro atoms. The summed E-state index contributed by atoms with van der Waals surface area (Å²) < 4.78 is 23.4. The van der Waals surface area contributed by atoms with Gasteiger partial charge in [-0.3, -0.25) is 9.36 Å². The fourth-order valence-electron chi connectivity index (χ4n) is 9.63. The van der Waals surface area contributed by atoms with Gasteiger partial charge in [0.2, 0.25) is 5.91 Å². The van der Waals surface area contributed by atoms with Crippen LogP contribution >= 0.6 is 7.82 Å². The summed E-state index contributed by atoms with van der Waals surface area (Å²) in [5, 5.41) is 13.9. The lowest BCUT2D eigenvalue weighted by Gasteiger charge is -2.29. The Kier molecular flexibility index (Phi) is 52.5. The third-order valence-corrected chi connectivity index (χ3v) is 15.5. The first-order chi connectivity index (χ1) is 34.0. The number of rotatable bonds is 58. The van der Waals surface area contributed by atoms with Crippen LogP contribution in [0.4, 0.5) is 0 Å². The third kappa shape index (κ3) is 55.0. The second-order valence-corrected chi connectivity index (χ2v) is 24.2. The minimum absolute atomic E-state index is 0.00281. The maximum atomic E-state index is 13.0. The van der Waals surface area contributed by atoms with Crippen molar-refractivity contribution in [1.82, 2.24) is 5.32 Å². The van der Waals surface area contributed by atoms with Crippen molar-refractivity contribution in [2.45, 2.75) is 334 Å². The van der Waals surface area contributed by atoms with Gasteiger partial charge >= 0.3 is 0 Å². The van der Waals surface area contributed by atoms with E-state index in [-0.39, 0.29) is 19.1 Å². The lowest BCUT2D eigenvalue weighted by atomic mass is 10.0. The highest BCUT2D eigenvalue weighted by Gasteiger charge is 2.23. The first-order valence-electron chi connectivity index (χ1n) is 31.1. The van der Waals surface area contributed by atoms with Gasteiger partial charge in [0, 0.05) is 6.42 Å². The number of carbonyl (C=O) groups is 1. The Balaban J connectivity index is 4.11. The summed E-state index contributed by atoms with van der Waals surface area (Å²) in [6.45, 7) is 4.71. The van der Waals surface area contributed by atoms with E-state index in [9.17, 15) is 19.4 Å². The van der Waals surface area contributed by atoms with Crippen molar-refractivity contribution in [3.63, 3.8) is 0 Å². The van der Waals surface area contributed by atoms with E-state index in [2.05, 4.69) is 19.2 Å². The van der Waals surface area contributed by atoms with E-state index >= 15 is 0 Å². The molecule has 70 heavy (non-hydrogen) atoms. The fourth-order valence-corrected chi connectivity index (χ4v) is 10.4. The average Bonchev–Trinajstić information content (AvgIpc) is 3.32. The highest BCUT2D eigenvalue weighted by molar-refractivity contribution is 7.45. The molecule has 0 aliphatic carbocycles. The highest BCUT2D eigenvalue weighted by atomic mass is 31.2. The van der Waals surface area contributed by atoms with E-state index in [1.807, 2.05) is 27.2 Å². The largest absolute Gasteiger partial charge is 0.756 e. The van der Waals surface area contributed by atoms with E-state index in [4.69, 9.17) is 9.05 Å². The van der Waals surface area contributed by atoms with Crippen LogP contribution in [-0.4, -0.2) is 68.5 Å². The van der Waals surface area contributed by atoms with E-state index in [0.29, 0.717) is 17.4 Å². The zero-order valence-electron chi connectivity index (χ0n) is 47.8. The number of amides is 1. The van der Waals surface area contributed by atoms with E-state index in [1.54, 1.807) is 6.08 Å². The SMILES string of the molecule is CCCCCCCCCCCCCCCCCCCCCCCCCCCC/C=C/C(O)C(COP(=O)([O-])OCC[N+](C)(C)C)NC(=O)CCCCCCCCCCCCCCCCCCCCCC. The van der Waals surface area contributed by atoms with Gasteiger partial charge in [-0.1, -0.05) is 309 Å². The third-order valence-electron chi connectivity index (χ3n) is 14.5. The van der Waals surface area contributed by atoms with Crippen molar-refractivity contribution in [3.8, 4) is 0 Å². The topological polar surface area (TPSA) is 108 Å². The number of hydrogen-bond donors (Lipinski definition) is 2. The van der Waals surface area contributed by atoms with Crippen molar-refractivity contribution in [3.05, 3.63) is 12.2 Å². The molecule has 0 aliphatic heterocycles. The normalized spacial score (nSPS) is 13.9. The molecule has 418 valence electrons. The number of allylic oxidation sites excluding steroid dienone is 1. The summed E-state index contributed by atoms with van der Waals surface area (Å²) in [6.07, 6.45) is 65.9. The zero-order valence-corrected chi connectivity index (χ0v) is 48.6. The van der Waals surface area contributed by atoms with Crippen molar-refractivity contribution >= 4 is 13.7 Å². The molecular formula is C61H123N2O6P. The van der Waals surface area contributed by atoms with Gasteiger partial charge in [-0.05, 0) is 19.3 Å². The number of aliphatic hydroxyl groups excluding tert-OH is 1. The molecular weight excluding hydrogens is 888 g/mol. The number of nitrogens with one attached hydrogen (secondary N) is 1. The molecule has 8 nitrogen and oxygen atoms in total. The number of nitrogens with zero attached hydrogens (tertiary/aromatic N) is 1. The number of carbonyl (C=O) groups excluding carboxylic acids is 1. The van der Waals surface area contributed by atoms with Crippen molar-refractivity contribution in [2.75, 3.05) is 40.9 Å². The molecule has 0 radical (unpaired) electrons. The van der Waals surface area contributed by atoms with Crippen LogP contribution in [-0.2, 0) is 18.4 Å². The maximum Gasteiger partial charge on any atom is 0.268 e. The van der Waals surface area contributed by atoms with E-state index in [1.165, 1.54) is 263 Å². The summed E-state index contributed by atoms with van der Waals surface area (Å²) in [5.41, 5.74) is 0. The van der Waals surface area contributed by atoms with Gasteiger partial charge in [0.1, 0.15) is 13.2 Å². The summed E-state index contributed by atoms with van der Waals surface area (Å²) in [4.78, 5) is 25.5. The predicted molar refractivity (Wildman–Crippen MR) is 302 cm³/mol. The number of aliphatic hydroxyl groups is 1. The Morgan fingerprint density at radius 3 is 1.07 bits per heavy atom. The predicted octanol–water partition coefficient (Wildman–Crippen LogP) is 18.4. The Hall–Kier alpha value is -0.760. The van der Waals surface area contributed by atoms with Gasteiger partial charge in [-0.2, -0.15) is 0 Å². The van der Waals surface area contributed by atoms with Crippen LogP contribution in [0.25, 0.3) is 0 Å². The van der Waals surface area contributed by atoms with Crippen LogP contribution in [0.2, 0.25) is 0 Å². The molecule has 0 rings (SSSR count). The Bertz CT molecular complexity index is 1150. The summed E-state index contributed by atoms with van der Waals surface area (Å²) >= 11 is 0. The standard InChI is InChI=1S/C61H123N2O6P/c1-6-8-10-12-14-16-18-20-22-24-26-28-29-30-31-32-33-34-35-36-38-40-42-44-46-48-50-52-54-60(64)59(58-69-70(66,67)68-57-56-63(3,4)5)62-61(65)55-53-51-49-47-45-43-41-39-37-27-25-23-21-19-17-15-13-11-9-7-2/h52,54,59-60,64H,6-51,53,55-58H2,1-5H3,(H-,62,65,66,67)/b54-52+. The fraction of sp³-hybridized carbons (Fsp3) is 0.951. The van der Waals surface area contributed by atoms with Gasteiger partial charge in [0.25, 0.3) is 7.82 Å². The quantitative estimate of drug-likeness (QED) is 0.0272. The minimum Gasteiger partial charge on any atom is -0.756 e. The van der Waals surface area contributed by atoms with Gasteiger partial charge in [-0.25, -0.2) is 0 Å². The van der Waals surface area contributed by atoms with Gasteiger partial charge in [0.05, 0.1) is 39.9 Å². The molecule has 0 saturated carbocycles. The molecule has 0 aliphatic rings. The molecule has 0 bridgehead atoms. The van der Waals surface area contributed by atoms with Crippen molar-refractivity contribution in [1.29, 1.82) is 0 Å². The molecule has 0 aromatic carbocycles. The van der Waals surface area contributed by atoms with Gasteiger partial charge in [-0.15, -0.1) is 0 Å². The number of hydrogen-bond acceptors (Lipinski definition) is 6. The maximum absolute atomic E-state index is 13.0. The number of likely N-dealkylation sites (N-methyl/N-ethyl adjacent to an activating group) is 1. The molecule has 0 aromatic heterocycles. The molecule has 3 atom stereocenters. The van der Waals surface area contributed by atoms with Crippen LogP contribution in [0.15, 0.2) is 12.2 Å². The molecule has 9 heteroatoms. The summed E-state index contributed by atoms with van der Waals surface area (Å²) in [5.74, 6) is -0.189. The molecule has 0 heterocycles. The lowest BCUT2D eigenvalue weighted by molar-refractivity contribution is -0.870. The molecule has 3 unspecified atom stereocenters. The number of phosphoric ester groups is 1. The molecule has 0 fully saturated rings. The lowest BCUT2D eigenvalue weighted by Crippen LogP contribution is -2.45. The zero-order chi connectivity index (χ0) is 51.3.